The van der Waals surface area contributed by atoms with E-state index >= 15 is 0 Å². The lowest BCUT2D eigenvalue weighted by Crippen LogP contribution is -2.08. The third-order valence-electron chi connectivity index (χ3n) is 2.49. The van der Waals surface area contributed by atoms with Gasteiger partial charge in [0.1, 0.15) is 24.7 Å². The van der Waals surface area contributed by atoms with Gasteiger partial charge in [0, 0.05) is 9.80 Å². The molecule has 0 fully saturated rings. The van der Waals surface area contributed by atoms with Gasteiger partial charge < -0.3 is 9.47 Å². The van der Waals surface area contributed by atoms with E-state index in [2.05, 4.69) is 37.9 Å². The van der Waals surface area contributed by atoms with Gasteiger partial charge in [-0.05, 0) is 42.0 Å². The number of hydrogen-bond donors (Lipinski definition) is 0. The quantitative estimate of drug-likeness (QED) is 0.525. The van der Waals surface area contributed by atoms with Crippen LogP contribution in [-0.4, -0.2) is 13.2 Å². The predicted molar refractivity (Wildman–Crippen MR) is 84.2 cm³/mol. The Morgan fingerprint density at radius 1 is 0.842 bits per heavy atom. The molecular formula is C15H14Br2O2. The summed E-state index contributed by atoms with van der Waals surface area (Å²) in [5.41, 5.74) is 1.20. The van der Waals surface area contributed by atoms with E-state index in [0.717, 1.165) is 21.3 Å². The first kappa shape index (κ1) is 14.4. The summed E-state index contributed by atoms with van der Waals surface area (Å²) in [5, 5.41) is 0.833. The fraction of sp³-hybridized carbons (Fsp3) is 0.200. The Bertz CT molecular complexity index is 512. The second-order valence-corrected chi connectivity index (χ2v) is 5.41. The number of alkyl halides is 1. The fourth-order valence-electron chi connectivity index (χ4n) is 1.57. The van der Waals surface area contributed by atoms with Gasteiger partial charge in [0.2, 0.25) is 0 Å². The highest BCUT2D eigenvalue weighted by atomic mass is 79.9. The van der Waals surface area contributed by atoms with Crippen LogP contribution in [0.5, 0.6) is 11.5 Å². The standard InChI is InChI=1S/C15H14Br2O2/c16-11-12-2-1-3-15(10-12)19-9-8-18-14-6-4-13(17)5-7-14/h1-7,10H,8-9,11H2. The third kappa shape index (κ3) is 4.88. The van der Waals surface area contributed by atoms with Crippen LogP contribution < -0.4 is 9.47 Å². The average molecular weight is 386 g/mol. The summed E-state index contributed by atoms with van der Waals surface area (Å²) in [6.07, 6.45) is 0. The summed E-state index contributed by atoms with van der Waals surface area (Å²) in [6.45, 7) is 1.06. The smallest absolute Gasteiger partial charge is 0.122 e. The molecule has 0 radical (unpaired) electrons. The second-order valence-electron chi connectivity index (χ2n) is 3.93. The Kier molecular flexibility index (Phi) is 5.73. The highest BCUT2D eigenvalue weighted by Gasteiger charge is 1.97. The van der Waals surface area contributed by atoms with Gasteiger partial charge in [-0.1, -0.05) is 44.0 Å². The number of hydrogen-bond acceptors (Lipinski definition) is 2. The summed E-state index contributed by atoms with van der Waals surface area (Å²) in [6, 6.07) is 15.8. The highest BCUT2D eigenvalue weighted by Crippen LogP contribution is 2.17. The maximum atomic E-state index is 5.64. The maximum absolute atomic E-state index is 5.64. The molecule has 2 nitrogen and oxygen atoms in total. The van der Waals surface area contributed by atoms with Gasteiger partial charge >= 0.3 is 0 Å². The van der Waals surface area contributed by atoms with E-state index in [1.165, 1.54) is 5.56 Å². The molecule has 2 rings (SSSR count). The van der Waals surface area contributed by atoms with Crippen molar-refractivity contribution >= 4 is 31.9 Å². The van der Waals surface area contributed by atoms with Crippen LogP contribution in [0.25, 0.3) is 0 Å². The Morgan fingerprint density at radius 3 is 2.21 bits per heavy atom. The molecular weight excluding hydrogens is 372 g/mol. The van der Waals surface area contributed by atoms with Gasteiger partial charge in [0.25, 0.3) is 0 Å². The zero-order valence-corrected chi connectivity index (χ0v) is 13.5. The van der Waals surface area contributed by atoms with Crippen molar-refractivity contribution < 1.29 is 9.47 Å². The minimum absolute atomic E-state index is 0.528. The molecule has 0 aliphatic carbocycles. The number of ether oxygens (including phenoxy) is 2. The average Bonchev–Trinajstić information content (AvgIpc) is 2.46. The van der Waals surface area contributed by atoms with Crippen molar-refractivity contribution in [2.45, 2.75) is 5.33 Å². The van der Waals surface area contributed by atoms with Gasteiger partial charge in [-0.3, -0.25) is 0 Å². The van der Waals surface area contributed by atoms with E-state index in [-0.39, 0.29) is 0 Å². The lowest BCUT2D eigenvalue weighted by atomic mass is 10.2. The topological polar surface area (TPSA) is 18.5 Å². The first-order chi connectivity index (χ1) is 9.28. The molecule has 0 saturated heterocycles. The molecule has 2 aromatic carbocycles. The van der Waals surface area contributed by atoms with Gasteiger partial charge in [0.05, 0.1) is 0 Å². The van der Waals surface area contributed by atoms with Crippen LogP contribution in [0, 0.1) is 0 Å². The normalized spacial score (nSPS) is 10.2. The van der Waals surface area contributed by atoms with Crippen LogP contribution in [-0.2, 0) is 5.33 Å². The molecule has 0 unspecified atom stereocenters. The van der Waals surface area contributed by atoms with Gasteiger partial charge in [-0.2, -0.15) is 0 Å². The van der Waals surface area contributed by atoms with E-state index in [9.17, 15) is 0 Å². The SMILES string of the molecule is BrCc1cccc(OCCOc2ccc(Br)cc2)c1. The summed E-state index contributed by atoms with van der Waals surface area (Å²) in [7, 11) is 0. The van der Waals surface area contributed by atoms with Crippen LogP contribution in [0.4, 0.5) is 0 Å². The molecule has 2 aromatic rings. The van der Waals surface area contributed by atoms with E-state index < -0.39 is 0 Å². The molecule has 19 heavy (non-hydrogen) atoms. The molecule has 0 heterocycles. The van der Waals surface area contributed by atoms with E-state index in [1.54, 1.807) is 0 Å². The summed E-state index contributed by atoms with van der Waals surface area (Å²) >= 11 is 6.81. The first-order valence-corrected chi connectivity index (χ1v) is 7.85. The Morgan fingerprint density at radius 2 is 1.53 bits per heavy atom. The molecule has 0 saturated carbocycles. The van der Waals surface area contributed by atoms with Gasteiger partial charge in [-0.15, -0.1) is 0 Å². The highest BCUT2D eigenvalue weighted by molar-refractivity contribution is 9.10. The van der Waals surface area contributed by atoms with Gasteiger partial charge in [0.15, 0.2) is 0 Å². The Balaban J connectivity index is 1.75. The predicted octanol–water partition coefficient (Wildman–Crippen LogP) is 4.80. The maximum Gasteiger partial charge on any atom is 0.122 e. The van der Waals surface area contributed by atoms with E-state index in [1.807, 2.05) is 42.5 Å². The van der Waals surface area contributed by atoms with Gasteiger partial charge in [-0.25, -0.2) is 0 Å². The summed E-state index contributed by atoms with van der Waals surface area (Å²) in [5.74, 6) is 1.72. The first-order valence-electron chi connectivity index (χ1n) is 5.94. The lowest BCUT2D eigenvalue weighted by molar-refractivity contribution is 0.217. The zero-order chi connectivity index (χ0) is 13.5. The van der Waals surface area contributed by atoms with E-state index in [4.69, 9.17) is 9.47 Å². The lowest BCUT2D eigenvalue weighted by Gasteiger charge is -2.09. The van der Waals surface area contributed by atoms with Crippen molar-refractivity contribution in [2.75, 3.05) is 13.2 Å². The van der Waals surface area contributed by atoms with Crippen molar-refractivity contribution in [1.29, 1.82) is 0 Å². The van der Waals surface area contributed by atoms with Crippen molar-refractivity contribution in [3.8, 4) is 11.5 Å². The fourth-order valence-corrected chi connectivity index (χ4v) is 2.18. The molecule has 0 spiro atoms. The summed E-state index contributed by atoms with van der Waals surface area (Å²) in [4.78, 5) is 0. The minimum Gasteiger partial charge on any atom is -0.490 e. The molecule has 4 heteroatoms. The monoisotopic (exact) mass is 384 g/mol. The third-order valence-corrected chi connectivity index (χ3v) is 3.66. The molecule has 0 aromatic heterocycles. The molecule has 100 valence electrons. The van der Waals surface area contributed by atoms with E-state index in [0.29, 0.717) is 13.2 Å². The number of halogens is 2. The van der Waals surface area contributed by atoms with Crippen LogP contribution in [0.15, 0.2) is 53.0 Å². The second kappa shape index (κ2) is 7.56. The van der Waals surface area contributed by atoms with Crippen molar-refractivity contribution in [3.63, 3.8) is 0 Å². The van der Waals surface area contributed by atoms with Crippen LogP contribution in [0.3, 0.4) is 0 Å². The Hall–Kier alpha value is -1.00. The molecule has 0 amide bonds. The number of benzene rings is 2. The van der Waals surface area contributed by atoms with Crippen LogP contribution in [0.2, 0.25) is 0 Å². The molecule has 0 aliphatic heterocycles. The van der Waals surface area contributed by atoms with Crippen LogP contribution >= 0.6 is 31.9 Å². The minimum atomic E-state index is 0.528. The van der Waals surface area contributed by atoms with Crippen molar-refractivity contribution in [3.05, 3.63) is 58.6 Å². The molecule has 0 bridgehead atoms. The zero-order valence-electron chi connectivity index (χ0n) is 10.3. The largest absolute Gasteiger partial charge is 0.490 e. The summed E-state index contributed by atoms with van der Waals surface area (Å²) < 4.78 is 12.3. The molecule has 0 aliphatic rings. The van der Waals surface area contributed by atoms with Crippen molar-refractivity contribution in [2.24, 2.45) is 0 Å². The number of rotatable bonds is 6. The van der Waals surface area contributed by atoms with Crippen molar-refractivity contribution in [1.82, 2.24) is 0 Å². The molecule has 0 atom stereocenters. The Labute approximate surface area is 130 Å². The van der Waals surface area contributed by atoms with Crippen LogP contribution in [0.1, 0.15) is 5.56 Å². The molecule has 0 N–H and O–H groups in total.